The highest BCUT2D eigenvalue weighted by molar-refractivity contribution is 7.99. The highest BCUT2D eigenvalue weighted by atomic mass is 32.2. The third-order valence-corrected chi connectivity index (χ3v) is 3.56. The van der Waals surface area contributed by atoms with Crippen molar-refractivity contribution in [1.29, 1.82) is 0 Å². The zero-order chi connectivity index (χ0) is 9.73. The van der Waals surface area contributed by atoms with E-state index in [0.717, 1.165) is 24.3 Å². The van der Waals surface area contributed by atoms with E-state index in [1.54, 1.807) is 0 Å². The number of rotatable bonds is 5. The van der Waals surface area contributed by atoms with E-state index in [2.05, 4.69) is 6.92 Å². The number of carbonyl (C=O) groups excluding carboxylic acids is 1. The molecule has 13 heavy (non-hydrogen) atoms. The largest absolute Gasteiger partial charge is 0.366 e. The maximum Gasteiger partial charge on any atom is 0.165 e. The number of Topliss-reactive ketones (excluding diaryl/α,β-unsaturated/α-hetero) is 1. The minimum absolute atomic E-state index is 0.283. The molecular weight excluding hydrogens is 184 g/mol. The summed E-state index contributed by atoms with van der Waals surface area (Å²) in [6, 6.07) is 0. The van der Waals surface area contributed by atoms with Crippen LogP contribution in [-0.4, -0.2) is 29.5 Å². The monoisotopic (exact) mass is 202 g/mol. The van der Waals surface area contributed by atoms with Crippen LogP contribution in [0.4, 0.5) is 0 Å². The Balaban J connectivity index is 2.57. The molecule has 1 aliphatic heterocycles. The summed E-state index contributed by atoms with van der Waals surface area (Å²) in [6.07, 6.45) is 2.50. The molecule has 1 aliphatic rings. The standard InChI is InChI=1S/C10H18O2S/c1-3-6-12-10(9(11)4-2)5-7-13-8-10/h3-8H2,1-2H3. The molecule has 1 fully saturated rings. The van der Waals surface area contributed by atoms with Gasteiger partial charge in [-0.25, -0.2) is 0 Å². The third kappa shape index (κ3) is 2.47. The summed E-state index contributed by atoms with van der Waals surface area (Å²) >= 11 is 1.83. The van der Waals surface area contributed by atoms with Crippen LogP contribution in [0.3, 0.4) is 0 Å². The fourth-order valence-corrected chi connectivity index (χ4v) is 2.92. The third-order valence-electron chi connectivity index (χ3n) is 2.40. The van der Waals surface area contributed by atoms with E-state index < -0.39 is 5.60 Å². The van der Waals surface area contributed by atoms with Crippen molar-refractivity contribution in [2.45, 2.75) is 38.7 Å². The van der Waals surface area contributed by atoms with Crippen LogP contribution in [0.5, 0.6) is 0 Å². The van der Waals surface area contributed by atoms with Crippen LogP contribution >= 0.6 is 11.8 Å². The van der Waals surface area contributed by atoms with Crippen LogP contribution < -0.4 is 0 Å². The molecule has 76 valence electrons. The molecule has 0 saturated carbocycles. The molecule has 0 amide bonds. The molecule has 3 heteroatoms. The molecule has 2 nitrogen and oxygen atoms in total. The summed E-state index contributed by atoms with van der Waals surface area (Å²) in [5.74, 6) is 2.21. The first-order valence-corrected chi connectivity index (χ1v) is 6.15. The van der Waals surface area contributed by atoms with Gasteiger partial charge in [0.15, 0.2) is 5.78 Å². The lowest BCUT2D eigenvalue weighted by Gasteiger charge is -2.26. The van der Waals surface area contributed by atoms with Gasteiger partial charge in [0.1, 0.15) is 5.60 Å². The highest BCUT2D eigenvalue weighted by Crippen LogP contribution is 2.33. The molecule has 1 rings (SSSR count). The maximum absolute atomic E-state index is 11.7. The second-order valence-electron chi connectivity index (χ2n) is 3.42. The molecule has 1 unspecified atom stereocenters. The number of hydrogen-bond donors (Lipinski definition) is 0. The van der Waals surface area contributed by atoms with Crippen molar-refractivity contribution in [3.63, 3.8) is 0 Å². The smallest absolute Gasteiger partial charge is 0.165 e. The summed E-state index contributed by atoms with van der Waals surface area (Å²) < 4.78 is 5.72. The van der Waals surface area contributed by atoms with Crippen LogP contribution in [-0.2, 0) is 9.53 Å². The van der Waals surface area contributed by atoms with Crippen molar-refractivity contribution in [3.05, 3.63) is 0 Å². The minimum atomic E-state index is -0.421. The average molecular weight is 202 g/mol. The van der Waals surface area contributed by atoms with Crippen LogP contribution in [0.2, 0.25) is 0 Å². The van der Waals surface area contributed by atoms with Gasteiger partial charge in [-0.15, -0.1) is 0 Å². The topological polar surface area (TPSA) is 26.3 Å². The molecule has 0 aromatic rings. The SMILES string of the molecule is CCCOC1(C(=O)CC)CCSC1. The molecule has 0 radical (unpaired) electrons. The molecule has 0 N–H and O–H groups in total. The van der Waals surface area contributed by atoms with Crippen LogP contribution in [0.15, 0.2) is 0 Å². The van der Waals surface area contributed by atoms with Gasteiger partial charge in [-0.3, -0.25) is 4.79 Å². The summed E-state index contributed by atoms with van der Waals surface area (Å²) in [6.45, 7) is 4.71. The Morgan fingerprint density at radius 3 is 2.77 bits per heavy atom. The van der Waals surface area contributed by atoms with Gasteiger partial charge in [0.25, 0.3) is 0 Å². The lowest BCUT2D eigenvalue weighted by Crippen LogP contribution is -2.41. The van der Waals surface area contributed by atoms with Gasteiger partial charge >= 0.3 is 0 Å². The minimum Gasteiger partial charge on any atom is -0.366 e. The van der Waals surface area contributed by atoms with Crippen molar-refractivity contribution >= 4 is 17.5 Å². The molecule has 1 atom stereocenters. The first-order valence-electron chi connectivity index (χ1n) is 5.00. The summed E-state index contributed by atoms with van der Waals surface area (Å²) in [7, 11) is 0. The van der Waals surface area contributed by atoms with E-state index in [1.165, 1.54) is 0 Å². The fraction of sp³-hybridized carbons (Fsp3) is 0.900. The van der Waals surface area contributed by atoms with Gasteiger partial charge in [0, 0.05) is 18.8 Å². The molecule has 0 spiro atoms. The summed E-state index contributed by atoms with van der Waals surface area (Å²) in [4.78, 5) is 11.7. The highest BCUT2D eigenvalue weighted by Gasteiger charge is 2.41. The number of ether oxygens (including phenoxy) is 1. The zero-order valence-corrected chi connectivity index (χ0v) is 9.28. The van der Waals surface area contributed by atoms with E-state index in [9.17, 15) is 4.79 Å². The predicted octanol–water partition coefficient (Wildman–Crippen LogP) is 2.27. The van der Waals surface area contributed by atoms with Gasteiger partial charge in [0.2, 0.25) is 0 Å². The molecule has 1 heterocycles. The fourth-order valence-electron chi connectivity index (χ4n) is 1.58. The number of hydrogen-bond acceptors (Lipinski definition) is 3. The molecule has 0 aliphatic carbocycles. The van der Waals surface area contributed by atoms with E-state index in [-0.39, 0.29) is 5.78 Å². The lowest BCUT2D eigenvalue weighted by atomic mass is 9.95. The van der Waals surface area contributed by atoms with Gasteiger partial charge < -0.3 is 4.74 Å². The Kier molecular flexibility index (Phi) is 4.26. The van der Waals surface area contributed by atoms with Gasteiger partial charge in [-0.2, -0.15) is 11.8 Å². The van der Waals surface area contributed by atoms with Crippen molar-refractivity contribution in [3.8, 4) is 0 Å². The van der Waals surface area contributed by atoms with E-state index >= 15 is 0 Å². The van der Waals surface area contributed by atoms with Crippen molar-refractivity contribution in [2.24, 2.45) is 0 Å². The first kappa shape index (κ1) is 11.1. The molecular formula is C10H18O2S. The summed E-state index contributed by atoms with van der Waals surface area (Å²) in [5, 5.41) is 0. The molecule has 0 aromatic heterocycles. The van der Waals surface area contributed by atoms with E-state index in [0.29, 0.717) is 13.0 Å². The van der Waals surface area contributed by atoms with Crippen molar-refractivity contribution in [1.82, 2.24) is 0 Å². The predicted molar refractivity (Wildman–Crippen MR) is 56.2 cm³/mol. The van der Waals surface area contributed by atoms with Gasteiger partial charge in [-0.1, -0.05) is 13.8 Å². The number of thioether (sulfide) groups is 1. The normalized spacial score (nSPS) is 27.8. The van der Waals surface area contributed by atoms with Crippen molar-refractivity contribution < 1.29 is 9.53 Å². The van der Waals surface area contributed by atoms with Gasteiger partial charge in [-0.05, 0) is 18.6 Å². The molecule has 0 aromatic carbocycles. The van der Waals surface area contributed by atoms with Crippen LogP contribution in [0, 0.1) is 0 Å². The van der Waals surface area contributed by atoms with Crippen LogP contribution in [0.1, 0.15) is 33.1 Å². The summed E-state index contributed by atoms with van der Waals surface area (Å²) in [5.41, 5.74) is -0.421. The molecule has 0 bridgehead atoms. The Labute approximate surface area is 84.4 Å². The maximum atomic E-state index is 11.7. The second kappa shape index (κ2) is 5.01. The number of carbonyl (C=O) groups is 1. The van der Waals surface area contributed by atoms with Crippen molar-refractivity contribution in [2.75, 3.05) is 18.1 Å². The Morgan fingerprint density at radius 2 is 2.31 bits per heavy atom. The molecule has 1 saturated heterocycles. The zero-order valence-electron chi connectivity index (χ0n) is 8.47. The quantitative estimate of drug-likeness (QED) is 0.684. The van der Waals surface area contributed by atoms with Crippen LogP contribution in [0.25, 0.3) is 0 Å². The first-order chi connectivity index (χ1) is 6.25. The Bertz CT molecular complexity index is 174. The lowest BCUT2D eigenvalue weighted by molar-refractivity contribution is -0.141. The Morgan fingerprint density at radius 1 is 1.54 bits per heavy atom. The average Bonchev–Trinajstić information content (AvgIpc) is 2.63. The number of ketones is 1. The Hall–Kier alpha value is -0.0200. The second-order valence-corrected chi connectivity index (χ2v) is 4.53. The van der Waals surface area contributed by atoms with E-state index in [4.69, 9.17) is 4.74 Å². The van der Waals surface area contributed by atoms with Gasteiger partial charge in [0.05, 0.1) is 0 Å². The van der Waals surface area contributed by atoms with E-state index in [1.807, 2.05) is 18.7 Å².